The van der Waals surface area contributed by atoms with Crippen molar-refractivity contribution in [2.75, 3.05) is 18.0 Å². The van der Waals surface area contributed by atoms with E-state index in [4.69, 9.17) is 0 Å². The molecule has 3 heteroatoms. The van der Waals surface area contributed by atoms with Gasteiger partial charge in [0.05, 0.1) is 6.10 Å². The largest absolute Gasteiger partial charge is 0.390 e. The summed E-state index contributed by atoms with van der Waals surface area (Å²) in [5.74, 6) is 0.750. The smallest absolute Gasteiger partial charge is 0.111 e. The van der Waals surface area contributed by atoms with E-state index in [1.807, 2.05) is 18.2 Å². The topological polar surface area (TPSA) is 43.7 Å². The van der Waals surface area contributed by atoms with Crippen molar-refractivity contribution in [1.82, 2.24) is 0 Å². The third kappa shape index (κ3) is 2.78. The highest BCUT2D eigenvalue weighted by Crippen LogP contribution is 2.62. The molecule has 1 aromatic rings. The quantitative estimate of drug-likeness (QED) is 0.844. The predicted octanol–water partition coefficient (Wildman–Crippen LogP) is 3.45. The molecule has 4 atom stereocenters. The number of nitrogens with zero attached hydrogens (tertiary/aromatic N) is 1. The number of hydrogen-bond acceptors (Lipinski definition) is 3. The third-order valence-corrected chi connectivity index (χ3v) is 6.51. The Balaban J connectivity index is 1.83. The maximum Gasteiger partial charge on any atom is 0.111 e. The molecule has 0 saturated heterocycles. The van der Waals surface area contributed by atoms with Gasteiger partial charge in [0, 0.05) is 18.8 Å². The van der Waals surface area contributed by atoms with Gasteiger partial charge in [0.2, 0.25) is 0 Å². The van der Waals surface area contributed by atoms with Gasteiger partial charge in [-0.15, -0.1) is 0 Å². The zero-order chi connectivity index (χ0) is 16.7. The Morgan fingerprint density at radius 2 is 1.87 bits per heavy atom. The molecular formula is C20H31NO2. The second kappa shape index (κ2) is 6.10. The van der Waals surface area contributed by atoms with Gasteiger partial charge in [0.1, 0.15) is 5.60 Å². The zero-order valence-corrected chi connectivity index (χ0v) is 14.7. The molecule has 128 valence electrons. The fraction of sp³-hybridized carbons (Fsp3) is 0.700. The molecule has 0 radical (unpaired) electrons. The highest BCUT2D eigenvalue weighted by Gasteiger charge is 2.64. The molecule has 3 aliphatic carbocycles. The van der Waals surface area contributed by atoms with Gasteiger partial charge in [-0.3, -0.25) is 0 Å². The van der Waals surface area contributed by atoms with Gasteiger partial charge in [-0.2, -0.15) is 0 Å². The number of para-hydroxylation sites is 1. The molecular weight excluding hydrogens is 286 g/mol. The van der Waals surface area contributed by atoms with Crippen LogP contribution in [0.25, 0.3) is 0 Å². The van der Waals surface area contributed by atoms with E-state index in [0.29, 0.717) is 12.5 Å². The zero-order valence-electron chi connectivity index (χ0n) is 14.7. The molecule has 3 aliphatic rings. The fourth-order valence-electron chi connectivity index (χ4n) is 4.78. The minimum Gasteiger partial charge on any atom is -0.390 e. The van der Waals surface area contributed by atoms with Crippen molar-refractivity contribution in [1.29, 1.82) is 0 Å². The first-order chi connectivity index (χ1) is 10.9. The highest BCUT2D eigenvalue weighted by atomic mass is 16.3. The van der Waals surface area contributed by atoms with Gasteiger partial charge in [-0.1, -0.05) is 45.4 Å². The number of anilines is 1. The summed E-state index contributed by atoms with van der Waals surface area (Å²) in [7, 11) is 0. The minimum absolute atomic E-state index is 0.140. The number of aliphatic hydroxyl groups excluding tert-OH is 1. The van der Waals surface area contributed by atoms with E-state index < -0.39 is 11.7 Å². The minimum atomic E-state index is -0.998. The number of unbranched alkanes of at least 4 members (excludes halogenated alkanes) is 1. The standard InChI is InChI=1S/C20H31NO2/c1-4-5-11-21(16-9-7-6-8-10-16)14-20(23)17-12-15(13-18(20)22)19(17,2)3/h6-10,15,17-18,22-23H,4-5,11-14H2,1-3H3/t15-,17-,18+,20-/m0/s1. The molecule has 4 rings (SSSR count). The first-order valence-corrected chi connectivity index (χ1v) is 9.10. The summed E-state index contributed by atoms with van der Waals surface area (Å²) >= 11 is 0. The van der Waals surface area contributed by atoms with Crippen LogP contribution in [0.1, 0.15) is 46.5 Å². The molecule has 23 heavy (non-hydrogen) atoms. The van der Waals surface area contributed by atoms with E-state index in [9.17, 15) is 10.2 Å². The van der Waals surface area contributed by atoms with Gasteiger partial charge < -0.3 is 15.1 Å². The summed E-state index contributed by atoms with van der Waals surface area (Å²) in [6, 6.07) is 10.3. The van der Waals surface area contributed by atoms with Crippen LogP contribution in [0.3, 0.4) is 0 Å². The summed E-state index contributed by atoms with van der Waals surface area (Å²) in [5.41, 5.74) is 0.281. The van der Waals surface area contributed by atoms with Crippen molar-refractivity contribution in [2.24, 2.45) is 17.3 Å². The molecule has 0 amide bonds. The lowest BCUT2D eigenvalue weighted by molar-refractivity contribution is -0.248. The molecule has 3 fully saturated rings. The number of fused-ring (bicyclic) bond motifs is 2. The SMILES string of the molecule is CCCCN(C[C@@]1(O)[C@H](O)C[C@@H]2C[C@H]1C2(C)C)c1ccccc1. The van der Waals surface area contributed by atoms with E-state index in [0.717, 1.165) is 37.9 Å². The molecule has 0 heterocycles. The van der Waals surface area contributed by atoms with Crippen LogP contribution < -0.4 is 4.90 Å². The van der Waals surface area contributed by atoms with Gasteiger partial charge in [-0.25, -0.2) is 0 Å². The number of hydrogen-bond donors (Lipinski definition) is 2. The summed E-state index contributed by atoms with van der Waals surface area (Å²) in [4.78, 5) is 2.27. The van der Waals surface area contributed by atoms with Crippen LogP contribution >= 0.6 is 0 Å². The Bertz CT molecular complexity index is 530. The summed E-state index contributed by atoms with van der Waals surface area (Å²) in [6.07, 6.45) is 3.40. The molecule has 0 spiro atoms. The van der Waals surface area contributed by atoms with E-state index in [2.05, 4.69) is 37.8 Å². The molecule has 0 aliphatic heterocycles. The normalized spacial score (nSPS) is 34.7. The number of benzene rings is 1. The van der Waals surface area contributed by atoms with Gasteiger partial charge in [0.15, 0.2) is 0 Å². The summed E-state index contributed by atoms with van der Waals surface area (Å²) in [6.45, 7) is 8.14. The Kier molecular flexibility index (Phi) is 4.45. The van der Waals surface area contributed by atoms with Crippen molar-refractivity contribution in [3.63, 3.8) is 0 Å². The van der Waals surface area contributed by atoms with Crippen molar-refractivity contribution in [2.45, 2.75) is 58.2 Å². The van der Waals surface area contributed by atoms with E-state index in [1.165, 1.54) is 0 Å². The summed E-state index contributed by atoms with van der Waals surface area (Å²) < 4.78 is 0. The summed E-state index contributed by atoms with van der Waals surface area (Å²) in [5, 5.41) is 22.0. The van der Waals surface area contributed by atoms with Crippen LogP contribution in [-0.4, -0.2) is 35.0 Å². The van der Waals surface area contributed by atoms with Crippen LogP contribution in [0.5, 0.6) is 0 Å². The van der Waals surface area contributed by atoms with Crippen molar-refractivity contribution < 1.29 is 10.2 Å². The molecule has 2 N–H and O–H groups in total. The average molecular weight is 317 g/mol. The Morgan fingerprint density at radius 3 is 2.48 bits per heavy atom. The van der Waals surface area contributed by atoms with Crippen LogP contribution in [0.2, 0.25) is 0 Å². The predicted molar refractivity (Wildman–Crippen MR) is 94.5 cm³/mol. The Labute approximate surface area is 140 Å². The lowest BCUT2D eigenvalue weighted by Crippen LogP contribution is -2.70. The van der Waals surface area contributed by atoms with Crippen LogP contribution in [-0.2, 0) is 0 Å². The first-order valence-electron chi connectivity index (χ1n) is 9.10. The second-order valence-electron chi connectivity index (χ2n) is 8.16. The average Bonchev–Trinajstić information content (AvgIpc) is 2.54. The maximum atomic E-state index is 11.4. The Morgan fingerprint density at radius 1 is 1.17 bits per heavy atom. The van der Waals surface area contributed by atoms with Crippen LogP contribution in [0.4, 0.5) is 5.69 Å². The van der Waals surface area contributed by atoms with E-state index in [-0.39, 0.29) is 11.3 Å². The molecule has 0 unspecified atom stereocenters. The van der Waals surface area contributed by atoms with E-state index in [1.54, 1.807) is 0 Å². The van der Waals surface area contributed by atoms with Gasteiger partial charge in [0.25, 0.3) is 0 Å². The molecule has 3 nitrogen and oxygen atoms in total. The maximum absolute atomic E-state index is 11.4. The molecule has 3 saturated carbocycles. The fourth-order valence-corrected chi connectivity index (χ4v) is 4.78. The Hall–Kier alpha value is -1.06. The highest BCUT2D eigenvalue weighted by molar-refractivity contribution is 5.46. The number of aliphatic hydroxyl groups is 2. The van der Waals surface area contributed by atoms with Gasteiger partial charge >= 0.3 is 0 Å². The van der Waals surface area contributed by atoms with E-state index >= 15 is 0 Å². The molecule has 2 bridgehead atoms. The number of rotatable bonds is 6. The lowest BCUT2D eigenvalue weighted by Gasteiger charge is -2.65. The second-order valence-corrected chi connectivity index (χ2v) is 8.16. The van der Waals surface area contributed by atoms with Crippen molar-refractivity contribution in [3.05, 3.63) is 30.3 Å². The van der Waals surface area contributed by atoms with Crippen molar-refractivity contribution >= 4 is 5.69 Å². The third-order valence-electron chi connectivity index (χ3n) is 6.51. The monoisotopic (exact) mass is 317 g/mol. The van der Waals surface area contributed by atoms with Gasteiger partial charge in [-0.05, 0) is 48.6 Å². The lowest BCUT2D eigenvalue weighted by atomic mass is 9.43. The van der Waals surface area contributed by atoms with Crippen LogP contribution in [0, 0.1) is 17.3 Å². The van der Waals surface area contributed by atoms with Crippen LogP contribution in [0.15, 0.2) is 30.3 Å². The first kappa shape index (κ1) is 16.8. The molecule has 0 aromatic heterocycles. The van der Waals surface area contributed by atoms with Crippen molar-refractivity contribution in [3.8, 4) is 0 Å². The molecule has 1 aromatic carbocycles.